The monoisotopic (exact) mass is 405 g/mol. The summed E-state index contributed by atoms with van der Waals surface area (Å²) < 4.78 is 53.2. The molecule has 0 radical (unpaired) electrons. The van der Waals surface area contributed by atoms with Crippen LogP contribution in [-0.2, 0) is 34.0 Å². The number of amides is 1. The molecule has 1 fully saturated rings. The van der Waals surface area contributed by atoms with E-state index in [9.17, 15) is 27.2 Å². The van der Waals surface area contributed by atoms with Gasteiger partial charge in [0.15, 0.2) is 0 Å². The molecule has 0 atom stereocenters. The van der Waals surface area contributed by atoms with Crippen LogP contribution in [0.2, 0.25) is 0 Å². The second-order valence-electron chi connectivity index (χ2n) is 7.86. The Morgan fingerprint density at radius 2 is 1.72 bits per heavy atom. The van der Waals surface area contributed by atoms with Gasteiger partial charge in [0.25, 0.3) is 5.91 Å². The lowest BCUT2D eigenvalue weighted by Crippen LogP contribution is -2.27. The van der Waals surface area contributed by atoms with Crippen LogP contribution in [-0.4, -0.2) is 11.7 Å². The number of aryl methyl sites for hydroxylation is 2. The van der Waals surface area contributed by atoms with Gasteiger partial charge in [-0.2, -0.15) is 13.2 Å². The maximum atomic E-state index is 14.2. The van der Waals surface area contributed by atoms with E-state index in [1.54, 1.807) is 6.07 Å². The fourth-order valence-electron chi connectivity index (χ4n) is 4.04. The summed E-state index contributed by atoms with van der Waals surface area (Å²) in [6.45, 7) is 0. The Kier molecular flexibility index (Phi) is 4.71. The van der Waals surface area contributed by atoms with Gasteiger partial charge in [0.1, 0.15) is 5.82 Å². The molecule has 1 amide bonds. The maximum absolute atomic E-state index is 14.2. The van der Waals surface area contributed by atoms with E-state index < -0.39 is 34.7 Å². The highest BCUT2D eigenvalue weighted by atomic mass is 19.4. The summed E-state index contributed by atoms with van der Waals surface area (Å²) in [6, 6.07) is 7.70. The summed E-state index contributed by atoms with van der Waals surface area (Å²) in [5.41, 5.74) is 0.726. The first kappa shape index (κ1) is 19.6. The number of carbonyl (C=O) groups excluding carboxylic acids is 2. The average molecular weight is 405 g/mol. The third-order valence-electron chi connectivity index (χ3n) is 5.83. The van der Waals surface area contributed by atoms with E-state index in [0.29, 0.717) is 24.6 Å². The smallest absolute Gasteiger partial charge is 0.319 e. The Labute approximate surface area is 165 Å². The lowest BCUT2D eigenvalue weighted by atomic mass is 9.88. The number of benzene rings is 2. The van der Waals surface area contributed by atoms with Crippen LogP contribution in [0.15, 0.2) is 36.4 Å². The molecule has 0 spiro atoms. The Morgan fingerprint density at radius 3 is 2.41 bits per heavy atom. The first-order valence-electron chi connectivity index (χ1n) is 9.51. The van der Waals surface area contributed by atoms with E-state index in [0.717, 1.165) is 37.0 Å². The predicted octanol–water partition coefficient (Wildman–Crippen LogP) is 4.96. The molecule has 3 nitrogen and oxygen atoms in total. The van der Waals surface area contributed by atoms with Crippen molar-refractivity contribution in [2.45, 2.75) is 50.1 Å². The van der Waals surface area contributed by atoms with Gasteiger partial charge in [0.05, 0.1) is 5.56 Å². The fraction of sp³-hybridized carbons (Fsp3) is 0.364. The molecule has 1 saturated carbocycles. The number of fused-ring (bicyclic) bond motifs is 1. The third kappa shape index (κ3) is 3.91. The molecule has 0 aromatic heterocycles. The molecule has 2 aliphatic carbocycles. The molecule has 0 unspecified atom stereocenters. The molecule has 2 aromatic carbocycles. The third-order valence-corrected chi connectivity index (χ3v) is 5.83. The summed E-state index contributed by atoms with van der Waals surface area (Å²) >= 11 is 0. The van der Waals surface area contributed by atoms with Gasteiger partial charge in [-0.25, -0.2) is 4.39 Å². The van der Waals surface area contributed by atoms with Crippen LogP contribution in [0.25, 0.3) is 0 Å². The zero-order valence-corrected chi connectivity index (χ0v) is 15.5. The van der Waals surface area contributed by atoms with Crippen molar-refractivity contribution in [2.24, 2.45) is 0 Å². The zero-order valence-electron chi connectivity index (χ0n) is 15.5. The lowest BCUT2D eigenvalue weighted by molar-refractivity contribution is -0.137. The number of Topliss-reactive ketones (excluding diaryl/α,β-unsaturated/α-hetero) is 1. The number of hydrogen-bond acceptors (Lipinski definition) is 2. The number of alkyl halides is 3. The van der Waals surface area contributed by atoms with E-state index >= 15 is 0 Å². The van der Waals surface area contributed by atoms with E-state index in [1.807, 2.05) is 12.1 Å². The molecule has 4 rings (SSSR count). The second kappa shape index (κ2) is 6.97. The highest BCUT2D eigenvalue weighted by Crippen LogP contribution is 2.52. The topological polar surface area (TPSA) is 46.2 Å². The van der Waals surface area contributed by atoms with Crippen molar-refractivity contribution in [1.82, 2.24) is 0 Å². The van der Waals surface area contributed by atoms with Gasteiger partial charge in [-0.1, -0.05) is 6.07 Å². The number of ketones is 1. The molecule has 0 bridgehead atoms. The summed E-state index contributed by atoms with van der Waals surface area (Å²) in [7, 11) is 0. The first-order chi connectivity index (χ1) is 13.7. The molecule has 7 heteroatoms. The number of anilines is 1. The van der Waals surface area contributed by atoms with E-state index in [1.165, 1.54) is 5.56 Å². The highest BCUT2D eigenvalue weighted by molar-refractivity contribution is 6.40. The van der Waals surface area contributed by atoms with E-state index in [4.69, 9.17) is 0 Å². The predicted molar refractivity (Wildman–Crippen MR) is 99.0 cm³/mol. The largest absolute Gasteiger partial charge is 0.416 e. The van der Waals surface area contributed by atoms with Crippen LogP contribution < -0.4 is 5.32 Å². The lowest BCUT2D eigenvalue weighted by Gasteiger charge is -2.18. The minimum absolute atomic E-state index is 0.147. The van der Waals surface area contributed by atoms with Gasteiger partial charge in [-0.3, -0.25) is 9.59 Å². The molecule has 0 saturated heterocycles. The van der Waals surface area contributed by atoms with Crippen LogP contribution in [0.1, 0.15) is 47.9 Å². The van der Waals surface area contributed by atoms with Crippen LogP contribution in [0.3, 0.4) is 0 Å². The molecule has 29 heavy (non-hydrogen) atoms. The first-order valence-corrected chi connectivity index (χ1v) is 9.51. The molecule has 0 aliphatic heterocycles. The van der Waals surface area contributed by atoms with Crippen molar-refractivity contribution in [1.29, 1.82) is 0 Å². The number of hydrogen-bond donors (Lipinski definition) is 1. The zero-order chi connectivity index (χ0) is 20.8. The molecular weight excluding hydrogens is 386 g/mol. The van der Waals surface area contributed by atoms with Crippen LogP contribution in [0.5, 0.6) is 0 Å². The molecule has 2 aromatic rings. The van der Waals surface area contributed by atoms with Crippen molar-refractivity contribution in [3.05, 3.63) is 64.5 Å². The van der Waals surface area contributed by atoms with Gasteiger partial charge >= 0.3 is 6.18 Å². The van der Waals surface area contributed by atoms with Crippen molar-refractivity contribution in [2.75, 3.05) is 5.32 Å². The summed E-state index contributed by atoms with van der Waals surface area (Å²) in [5.74, 6) is -2.39. The van der Waals surface area contributed by atoms with Gasteiger partial charge in [0.2, 0.25) is 5.78 Å². The molecule has 2 aliphatic rings. The molecular formula is C22H19F4NO2. The van der Waals surface area contributed by atoms with Gasteiger partial charge in [0, 0.05) is 17.5 Å². The van der Waals surface area contributed by atoms with Crippen molar-refractivity contribution < 1.29 is 27.2 Å². The molecule has 152 valence electrons. The Balaban J connectivity index is 1.49. The standard InChI is InChI=1S/C22H19F4NO2/c23-18-7-5-15(22(24,25)26)11-17(18)21(8-9-21)12-19(28)20(29)27-16-6-4-13-2-1-3-14(13)10-16/h4-7,10-11H,1-3,8-9,12H2,(H,27,29). The summed E-state index contributed by atoms with van der Waals surface area (Å²) in [6.07, 6.45) is -1.23. The van der Waals surface area contributed by atoms with Gasteiger partial charge < -0.3 is 5.32 Å². The number of carbonyl (C=O) groups is 2. The summed E-state index contributed by atoms with van der Waals surface area (Å²) in [5, 5.41) is 2.56. The second-order valence-corrected chi connectivity index (χ2v) is 7.86. The quantitative estimate of drug-likeness (QED) is 0.564. The average Bonchev–Trinajstić information content (AvgIpc) is 3.27. The number of rotatable bonds is 5. The minimum atomic E-state index is -4.60. The molecule has 0 heterocycles. The summed E-state index contributed by atoms with van der Waals surface area (Å²) in [4.78, 5) is 24.8. The Hall–Kier alpha value is -2.70. The highest BCUT2D eigenvalue weighted by Gasteiger charge is 2.49. The Bertz CT molecular complexity index is 993. The van der Waals surface area contributed by atoms with E-state index in [2.05, 4.69) is 5.32 Å². The fourth-order valence-corrected chi connectivity index (χ4v) is 4.04. The van der Waals surface area contributed by atoms with Crippen molar-refractivity contribution in [3.8, 4) is 0 Å². The van der Waals surface area contributed by atoms with Crippen LogP contribution >= 0.6 is 0 Å². The normalized spacial score (nSPS) is 17.0. The van der Waals surface area contributed by atoms with Crippen molar-refractivity contribution in [3.63, 3.8) is 0 Å². The van der Waals surface area contributed by atoms with Crippen LogP contribution in [0, 0.1) is 5.82 Å². The van der Waals surface area contributed by atoms with Crippen molar-refractivity contribution >= 4 is 17.4 Å². The minimum Gasteiger partial charge on any atom is -0.319 e. The van der Waals surface area contributed by atoms with Gasteiger partial charge in [-0.15, -0.1) is 0 Å². The Morgan fingerprint density at radius 1 is 1.00 bits per heavy atom. The number of nitrogens with one attached hydrogen (secondary N) is 1. The number of halogens is 4. The van der Waals surface area contributed by atoms with Crippen LogP contribution in [0.4, 0.5) is 23.2 Å². The SMILES string of the molecule is O=C(CC1(c2cc(C(F)(F)F)ccc2F)CC1)C(=O)Nc1ccc2c(c1)CCC2. The van der Waals surface area contributed by atoms with E-state index in [-0.39, 0.29) is 12.0 Å². The maximum Gasteiger partial charge on any atom is 0.416 e. The molecule has 1 N–H and O–H groups in total. The van der Waals surface area contributed by atoms with Gasteiger partial charge in [-0.05, 0) is 79.1 Å².